The molecule has 2 aromatic carbocycles. The molecule has 0 aliphatic carbocycles. The van der Waals surface area contributed by atoms with E-state index in [9.17, 15) is 19.6 Å². The summed E-state index contributed by atoms with van der Waals surface area (Å²) in [6.07, 6.45) is 1.36. The van der Waals surface area contributed by atoms with Crippen LogP contribution < -0.4 is 10.1 Å². The highest BCUT2D eigenvalue weighted by Crippen LogP contribution is 2.17. The molecule has 0 saturated heterocycles. The molecule has 29 heavy (non-hydrogen) atoms. The molecule has 0 bridgehead atoms. The van der Waals surface area contributed by atoms with Crippen LogP contribution in [0.4, 0.5) is 5.69 Å². The number of nitriles is 1. The number of aliphatic carboxylic acids is 1. The predicted octanol–water partition coefficient (Wildman–Crippen LogP) is 2.87. The first-order valence-electron chi connectivity index (χ1n) is 8.58. The minimum Gasteiger partial charge on any atom is -0.482 e. The molecule has 2 aromatic rings. The molecule has 0 unspecified atom stereocenters. The SMILES string of the molecule is CCOC(=O)c1ccc(NC(=O)/C(C#N)=C/c2cccc(OCC(=O)O)c2)cc1. The summed E-state index contributed by atoms with van der Waals surface area (Å²) in [5.74, 6) is -1.91. The summed E-state index contributed by atoms with van der Waals surface area (Å²) in [6, 6.07) is 14.2. The van der Waals surface area contributed by atoms with Gasteiger partial charge in [-0.3, -0.25) is 4.79 Å². The second-order valence-corrected chi connectivity index (χ2v) is 5.68. The van der Waals surface area contributed by atoms with Crippen molar-refractivity contribution in [2.24, 2.45) is 0 Å². The van der Waals surface area contributed by atoms with Gasteiger partial charge in [0.1, 0.15) is 17.4 Å². The lowest BCUT2D eigenvalue weighted by atomic mass is 10.1. The van der Waals surface area contributed by atoms with E-state index in [0.29, 0.717) is 22.6 Å². The van der Waals surface area contributed by atoms with E-state index < -0.39 is 24.5 Å². The standard InChI is InChI=1S/C21H18N2O6/c1-2-28-21(27)15-6-8-17(9-7-15)23-20(26)16(12-22)10-14-4-3-5-18(11-14)29-13-19(24)25/h3-11H,2,13H2,1H3,(H,23,26)(H,24,25)/b16-10+. The molecule has 0 atom stereocenters. The summed E-state index contributed by atoms with van der Waals surface area (Å²) < 4.78 is 9.97. The summed E-state index contributed by atoms with van der Waals surface area (Å²) in [7, 11) is 0. The number of benzene rings is 2. The summed E-state index contributed by atoms with van der Waals surface area (Å²) >= 11 is 0. The van der Waals surface area contributed by atoms with Crippen LogP contribution in [0.15, 0.2) is 54.1 Å². The third-order valence-electron chi connectivity index (χ3n) is 3.55. The largest absolute Gasteiger partial charge is 0.482 e. The van der Waals surface area contributed by atoms with Gasteiger partial charge < -0.3 is 19.9 Å². The van der Waals surface area contributed by atoms with Crippen LogP contribution in [0.1, 0.15) is 22.8 Å². The average Bonchev–Trinajstić information content (AvgIpc) is 2.71. The summed E-state index contributed by atoms with van der Waals surface area (Å²) in [5.41, 5.74) is 1.09. The number of carbonyl (C=O) groups excluding carboxylic acids is 2. The number of nitrogens with one attached hydrogen (secondary N) is 1. The Morgan fingerprint density at radius 2 is 1.90 bits per heavy atom. The number of carboxylic acids is 1. The molecular weight excluding hydrogens is 376 g/mol. The van der Waals surface area contributed by atoms with Gasteiger partial charge >= 0.3 is 11.9 Å². The number of rotatable bonds is 8. The van der Waals surface area contributed by atoms with Gasteiger partial charge in [0.25, 0.3) is 5.91 Å². The van der Waals surface area contributed by atoms with Crippen molar-refractivity contribution >= 4 is 29.6 Å². The molecule has 0 radical (unpaired) electrons. The first-order chi connectivity index (χ1) is 13.9. The zero-order chi connectivity index (χ0) is 21.2. The third-order valence-corrected chi connectivity index (χ3v) is 3.55. The normalized spacial score (nSPS) is 10.6. The number of anilines is 1. The number of esters is 1. The number of hydrogen-bond acceptors (Lipinski definition) is 6. The summed E-state index contributed by atoms with van der Waals surface area (Å²) in [4.78, 5) is 34.6. The Labute approximate surface area is 167 Å². The van der Waals surface area contributed by atoms with E-state index in [2.05, 4.69) is 5.32 Å². The Morgan fingerprint density at radius 1 is 1.17 bits per heavy atom. The topological polar surface area (TPSA) is 126 Å². The van der Waals surface area contributed by atoms with Crippen molar-refractivity contribution in [3.05, 3.63) is 65.2 Å². The number of nitrogens with zero attached hydrogens (tertiary/aromatic N) is 1. The van der Waals surface area contributed by atoms with Crippen LogP contribution in [-0.2, 0) is 14.3 Å². The summed E-state index contributed by atoms with van der Waals surface area (Å²) in [6.45, 7) is 1.47. The van der Waals surface area contributed by atoms with Crippen molar-refractivity contribution < 1.29 is 29.0 Å². The van der Waals surface area contributed by atoms with E-state index in [1.54, 1.807) is 25.1 Å². The van der Waals surface area contributed by atoms with E-state index in [4.69, 9.17) is 14.6 Å². The van der Waals surface area contributed by atoms with E-state index in [0.717, 1.165) is 0 Å². The van der Waals surface area contributed by atoms with Crippen LogP contribution in [0.25, 0.3) is 6.08 Å². The highest BCUT2D eigenvalue weighted by atomic mass is 16.5. The van der Waals surface area contributed by atoms with Crippen LogP contribution in [0, 0.1) is 11.3 Å². The lowest BCUT2D eigenvalue weighted by Crippen LogP contribution is -2.13. The molecule has 148 valence electrons. The Balaban J connectivity index is 2.10. The van der Waals surface area contributed by atoms with Crippen LogP contribution in [0.2, 0.25) is 0 Å². The fourth-order valence-corrected chi connectivity index (χ4v) is 2.26. The van der Waals surface area contributed by atoms with Gasteiger partial charge in [-0.2, -0.15) is 5.26 Å². The van der Waals surface area contributed by atoms with Gasteiger partial charge in [-0.1, -0.05) is 12.1 Å². The molecule has 0 saturated carbocycles. The molecule has 8 heteroatoms. The molecular formula is C21H18N2O6. The van der Waals surface area contributed by atoms with Crippen molar-refractivity contribution in [1.29, 1.82) is 5.26 Å². The van der Waals surface area contributed by atoms with Crippen LogP contribution in [0.5, 0.6) is 5.75 Å². The van der Waals surface area contributed by atoms with Crippen molar-refractivity contribution in [3.8, 4) is 11.8 Å². The van der Waals surface area contributed by atoms with E-state index in [1.807, 2.05) is 6.07 Å². The van der Waals surface area contributed by atoms with Crippen LogP contribution in [-0.4, -0.2) is 36.2 Å². The van der Waals surface area contributed by atoms with E-state index >= 15 is 0 Å². The molecule has 0 spiro atoms. The second-order valence-electron chi connectivity index (χ2n) is 5.68. The molecule has 0 fully saturated rings. The average molecular weight is 394 g/mol. The lowest BCUT2D eigenvalue weighted by Gasteiger charge is -2.07. The maximum absolute atomic E-state index is 12.4. The van der Waals surface area contributed by atoms with Gasteiger partial charge in [0.15, 0.2) is 6.61 Å². The van der Waals surface area contributed by atoms with Gasteiger partial charge in [0.2, 0.25) is 0 Å². The molecule has 2 rings (SSSR count). The van der Waals surface area contributed by atoms with Gasteiger partial charge in [0.05, 0.1) is 12.2 Å². The fourth-order valence-electron chi connectivity index (χ4n) is 2.26. The maximum atomic E-state index is 12.4. The smallest absolute Gasteiger partial charge is 0.341 e. The van der Waals surface area contributed by atoms with Crippen molar-refractivity contribution in [2.75, 3.05) is 18.5 Å². The molecule has 2 N–H and O–H groups in total. The molecule has 0 heterocycles. The second kappa shape index (κ2) is 10.3. The van der Waals surface area contributed by atoms with Gasteiger partial charge in [-0.15, -0.1) is 0 Å². The highest BCUT2D eigenvalue weighted by molar-refractivity contribution is 6.09. The molecule has 1 amide bonds. The lowest BCUT2D eigenvalue weighted by molar-refractivity contribution is -0.139. The Bertz CT molecular complexity index is 973. The van der Waals surface area contributed by atoms with Crippen molar-refractivity contribution in [3.63, 3.8) is 0 Å². The summed E-state index contributed by atoms with van der Waals surface area (Å²) in [5, 5.41) is 20.5. The van der Waals surface area contributed by atoms with Gasteiger partial charge in [-0.05, 0) is 55.0 Å². The van der Waals surface area contributed by atoms with Crippen LogP contribution in [0.3, 0.4) is 0 Å². The van der Waals surface area contributed by atoms with Crippen molar-refractivity contribution in [2.45, 2.75) is 6.92 Å². The fraction of sp³-hybridized carbons (Fsp3) is 0.143. The first-order valence-corrected chi connectivity index (χ1v) is 8.58. The molecule has 0 aliphatic rings. The molecule has 0 aromatic heterocycles. The maximum Gasteiger partial charge on any atom is 0.341 e. The van der Waals surface area contributed by atoms with E-state index in [-0.39, 0.29) is 12.2 Å². The molecule has 0 aliphatic heterocycles. The van der Waals surface area contributed by atoms with Crippen LogP contribution >= 0.6 is 0 Å². The Morgan fingerprint density at radius 3 is 2.52 bits per heavy atom. The monoisotopic (exact) mass is 394 g/mol. The third kappa shape index (κ3) is 6.52. The Kier molecular flexibility index (Phi) is 7.51. The zero-order valence-electron chi connectivity index (χ0n) is 15.5. The number of carbonyl (C=O) groups is 3. The minimum atomic E-state index is -1.11. The van der Waals surface area contributed by atoms with Gasteiger partial charge in [-0.25, -0.2) is 9.59 Å². The van der Waals surface area contributed by atoms with E-state index in [1.165, 1.54) is 36.4 Å². The zero-order valence-corrected chi connectivity index (χ0v) is 15.5. The Hall–Kier alpha value is -4.12. The first kappa shape index (κ1) is 21.2. The van der Waals surface area contributed by atoms with Crippen molar-refractivity contribution in [1.82, 2.24) is 0 Å². The predicted molar refractivity (Wildman–Crippen MR) is 104 cm³/mol. The number of amides is 1. The minimum absolute atomic E-state index is 0.158. The quantitative estimate of drug-likeness (QED) is 0.400. The highest BCUT2D eigenvalue weighted by Gasteiger charge is 2.11. The molecule has 8 nitrogen and oxygen atoms in total. The number of carboxylic acid groups (broad SMARTS) is 1. The number of ether oxygens (including phenoxy) is 2. The number of hydrogen-bond donors (Lipinski definition) is 2. The van der Waals surface area contributed by atoms with Gasteiger partial charge in [0, 0.05) is 5.69 Å².